The van der Waals surface area contributed by atoms with Crippen molar-refractivity contribution in [1.82, 2.24) is 30.8 Å². The van der Waals surface area contributed by atoms with Crippen molar-refractivity contribution in [2.45, 2.75) is 42.7 Å². The zero-order chi connectivity index (χ0) is 26.9. The second kappa shape index (κ2) is 10.3. The number of halogens is 1. The molecule has 38 heavy (non-hydrogen) atoms. The molecule has 0 unspecified atom stereocenters. The van der Waals surface area contributed by atoms with Gasteiger partial charge >= 0.3 is 0 Å². The Hall–Kier alpha value is -4.09. The highest BCUT2D eigenvalue weighted by molar-refractivity contribution is 8.00. The van der Waals surface area contributed by atoms with Gasteiger partial charge in [0.25, 0.3) is 5.91 Å². The molecule has 0 spiro atoms. The standard InChI is InChI=1S/C27H26FN7O2S/c1-27(2,29)26(37)30-24-25(36)35(15-18-11-12-19(28)13-22(18)38-24)14-16-7-9-17(10-8-16)20-5-3-4-6-21(20)23-31-33-34-32-23/h3-13,24H,14-15,29H2,1-2H3,(H,30,37)(H,31,32,33,34)/t24-/m1/s1. The summed E-state index contributed by atoms with van der Waals surface area (Å²) in [5.74, 6) is -0.580. The lowest BCUT2D eigenvalue weighted by Gasteiger charge is -2.27. The third-order valence-electron chi connectivity index (χ3n) is 6.18. The molecule has 0 saturated carbocycles. The molecule has 2 heterocycles. The van der Waals surface area contributed by atoms with Crippen LogP contribution in [0.3, 0.4) is 0 Å². The molecule has 1 atom stereocenters. The van der Waals surface area contributed by atoms with Crippen molar-refractivity contribution in [1.29, 1.82) is 0 Å². The minimum atomic E-state index is -1.17. The van der Waals surface area contributed by atoms with Crippen molar-refractivity contribution in [2.24, 2.45) is 5.73 Å². The number of nitrogens with one attached hydrogen (secondary N) is 2. The van der Waals surface area contributed by atoms with E-state index in [1.54, 1.807) is 24.8 Å². The second-order valence-corrected chi connectivity index (χ2v) is 10.8. The van der Waals surface area contributed by atoms with Gasteiger partial charge in [-0.3, -0.25) is 9.59 Å². The predicted molar refractivity (Wildman–Crippen MR) is 142 cm³/mol. The van der Waals surface area contributed by atoms with E-state index in [2.05, 4.69) is 25.9 Å². The molecule has 11 heteroatoms. The molecule has 0 radical (unpaired) electrons. The summed E-state index contributed by atoms with van der Waals surface area (Å²) < 4.78 is 14.0. The number of tetrazole rings is 1. The van der Waals surface area contributed by atoms with Crippen molar-refractivity contribution in [3.63, 3.8) is 0 Å². The van der Waals surface area contributed by atoms with E-state index in [0.29, 0.717) is 17.3 Å². The molecule has 0 aliphatic carbocycles. The number of carbonyl (C=O) groups is 2. The fraction of sp³-hybridized carbons (Fsp3) is 0.222. The molecule has 1 aliphatic rings. The summed E-state index contributed by atoms with van der Waals surface area (Å²) >= 11 is 1.12. The molecule has 3 aromatic carbocycles. The highest BCUT2D eigenvalue weighted by Gasteiger charge is 2.34. The van der Waals surface area contributed by atoms with Crippen LogP contribution in [-0.2, 0) is 22.7 Å². The Bertz CT molecular complexity index is 1470. The van der Waals surface area contributed by atoms with Crippen LogP contribution in [-0.4, -0.2) is 48.3 Å². The summed E-state index contributed by atoms with van der Waals surface area (Å²) in [5.41, 5.74) is 9.28. The Balaban J connectivity index is 1.41. The minimum absolute atomic E-state index is 0.281. The van der Waals surface area contributed by atoms with Crippen LogP contribution < -0.4 is 11.1 Å². The maximum atomic E-state index is 14.0. The van der Waals surface area contributed by atoms with E-state index in [-0.39, 0.29) is 12.5 Å². The molecule has 4 aromatic rings. The van der Waals surface area contributed by atoms with Crippen molar-refractivity contribution in [3.05, 3.63) is 83.7 Å². The van der Waals surface area contributed by atoms with Gasteiger partial charge in [0.1, 0.15) is 5.82 Å². The highest BCUT2D eigenvalue weighted by atomic mass is 32.2. The molecule has 194 valence electrons. The van der Waals surface area contributed by atoms with E-state index in [1.807, 2.05) is 48.5 Å². The number of nitrogens with zero attached hydrogens (tertiary/aromatic N) is 4. The molecule has 9 nitrogen and oxygen atoms in total. The number of thioether (sulfide) groups is 1. The normalized spacial score (nSPS) is 15.6. The molecule has 1 aromatic heterocycles. The van der Waals surface area contributed by atoms with Gasteiger partial charge in [0.2, 0.25) is 5.91 Å². The molecule has 0 bridgehead atoms. The first-order valence-electron chi connectivity index (χ1n) is 12.0. The van der Waals surface area contributed by atoms with E-state index in [1.165, 1.54) is 12.1 Å². The van der Waals surface area contributed by atoms with Crippen LogP contribution in [0.15, 0.2) is 71.6 Å². The maximum Gasteiger partial charge on any atom is 0.256 e. The molecular formula is C27H26FN7O2S. The number of hydrogen-bond acceptors (Lipinski definition) is 7. The average Bonchev–Trinajstić information content (AvgIpc) is 3.40. The molecule has 5 rings (SSSR count). The van der Waals surface area contributed by atoms with E-state index in [4.69, 9.17) is 5.73 Å². The Labute approximate surface area is 223 Å². The lowest BCUT2D eigenvalue weighted by atomic mass is 9.98. The highest BCUT2D eigenvalue weighted by Crippen LogP contribution is 2.34. The second-order valence-electron chi connectivity index (χ2n) is 9.63. The SMILES string of the molecule is CC(C)(N)C(=O)N[C@@H]1Sc2cc(F)ccc2CN(Cc2ccc(-c3ccccc3-c3nnn[nH]3)cc2)C1=O. The van der Waals surface area contributed by atoms with Crippen molar-refractivity contribution < 1.29 is 14.0 Å². The quantitative estimate of drug-likeness (QED) is 0.347. The zero-order valence-corrected chi connectivity index (χ0v) is 21.6. The summed E-state index contributed by atoms with van der Waals surface area (Å²) in [7, 11) is 0. The summed E-state index contributed by atoms with van der Waals surface area (Å²) in [5, 5.41) is 16.0. The topological polar surface area (TPSA) is 130 Å². The van der Waals surface area contributed by atoms with Crippen molar-refractivity contribution in [3.8, 4) is 22.5 Å². The fourth-order valence-corrected chi connectivity index (χ4v) is 5.28. The van der Waals surface area contributed by atoms with E-state index >= 15 is 0 Å². The number of H-pyrrole nitrogens is 1. The summed E-state index contributed by atoms with van der Waals surface area (Å²) in [6, 6.07) is 20.1. The summed E-state index contributed by atoms with van der Waals surface area (Å²) in [6.07, 6.45) is 0. The lowest BCUT2D eigenvalue weighted by Crippen LogP contribution is -2.54. The monoisotopic (exact) mass is 531 g/mol. The maximum absolute atomic E-state index is 14.0. The van der Waals surface area contributed by atoms with Gasteiger partial charge in [-0.25, -0.2) is 9.49 Å². The molecule has 0 fully saturated rings. The Kier molecular flexibility index (Phi) is 6.96. The fourth-order valence-electron chi connectivity index (χ4n) is 4.15. The van der Waals surface area contributed by atoms with Gasteiger partial charge in [-0.15, -0.1) is 5.10 Å². The first-order valence-corrected chi connectivity index (χ1v) is 12.8. The largest absolute Gasteiger partial charge is 0.334 e. The number of rotatable bonds is 6. The molecule has 0 saturated heterocycles. The average molecular weight is 532 g/mol. The van der Waals surface area contributed by atoms with Gasteiger partial charge in [0, 0.05) is 23.5 Å². The lowest BCUT2D eigenvalue weighted by molar-refractivity contribution is -0.135. The van der Waals surface area contributed by atoms with Crippen molar-refractivity contribution in [2.75, 3.05) is 0 Å². The molecule has 4 N–H and O–H groups in total. The molecule has 1 aliphatic heterocycles. The summed E-state index contributed by atoms with van der Waals surface area (Å²) in [4.78, 5) is 28.4. The van der Waals surface area contributed by atoms with Gasteiger partial charge in [0.15, 0.2) is 11.2 Å². The smallest absolute Gasteiger partial charge is 0.256 e. The predicted octanol–water partition coefficient (Wildman–Crippen LogP) is 3.49. The number of benzene rings is 3. The van der Waals surface area contributed by atoms with Crippen molar-refractivity contribution >= 4 is 23.6 Å². The van der Waals surface area contributed by atoms with Gasteiger partial charge < -0.3 is 16.0 Å². The van der Waals surface area contributed by atoms with Crippen LogP contribution in [0.25, 0.3) is 22.5 Å². The number of carbonyl (C=O) groups excluding carboxylic acids is 2. The Morgan fingerprint density at radius 3 is 2.58 bits per heavy atom. The Morgan fingerprint density at radius 1 is 1.16 bits per heavy atom. The van der Waals surface area contributed by atoms with E-state index < -0.39 is 22.6 Å². The molecule has 2 amide bonds. The third kappa shape index (κ3) is 5.43. The van der Waals surface area contributed by atoms with Crippen LogP contribution in [0.4, 0.5) is 4.39 Å². The number of hydrogen-bond donors (Lipinski definition) is 3. The van der Waals surface area contributed by atoms with Crippen LogP contribution in [0.1, 0.15) is 25.0 Å². The third-order valence-corrected chi connectivity index (χ3v) is 7.37. The Morgan fingerprint density at radius 2 is 1.89 bits per heavy atom. The number of amides is 2. The van der Waals surface area contributed by atoms with Gasteiger partial charge in [-0.05, 0) is 58.7 Å². The first kappa shape index (κ1) is 25.6. The van der Waals surface area contributed by atoms with Crippen LogP contribution >= 0.6 is 11.8 Å². The number of nitrogens with two attached hydrogens (primary N) is 1. The number of aromatic amines is 1. The number of fused-ring (bicyclic) bond motifs is 1. The first-order chi connectivity index (χ1) is 18.2. The van der Waals surface area contributed by atoms with Gasteiger partial charge in [0.05, 0.1) is 5.54 Å². The molecular weight excluding hydrogens is 505 g/mol. The van der Waals surface area contributed by atoms with E-state index in [9.17, 15) is 14.0 Å². The summed E-state index contributed by atoms with van der Waals surface area (Å²) in [6.45, 7) is 3.72. The van der Waals surface area contributed by atoms with Crippen LogP contribution in [0, 0.1) is 5.82 Å². The van der Waals surface area contributed by atoms with Crippen LogP contribution in [0.2, 0.25) is 0 Å². The van der Waals surface area contributed by atoms with Crippen LogP contribution in [0.5, 0.6) is 0 Å². The minimum Gasteiger partial charge on any atom is -0.334 e. The zero-order valence-electron chi connectivity index (χ0n) is 20.8. The van der Waals surface area contributed by atoms with E-state index in [0.717, 1.165) is 39.6 Å². The number of aromatic nitrogens is 4. The van der Waals surface area contributed by atoms with Gasteiger partial charge in [-0.2, -0.15) is 0 Å². The van der Waals surface area contributed by atoms with Gasteiger partial charge in [-0.1, -0.05) is 66.4 Å².